The largest absolute Gasteiger partial charge is 0.481 e. The van der Waals surface area contributed by atoms with E-state index < -0.39 is 0 Å². The number of nitrogens with zero attached hydrogens (tertiary/aromatic N) is 1. The van der Waals surface area contributed by atoms with E-state index in [-0.39, 0.29) is 5.91 Å². The van der Waals surface area contributed by atoms with Crippen molar-refractivity contribution in [2.24, 2.45) is 0 Å². The zero-order valence-electron chi connectivity index (χ0n) is 7.33. The maximum atomic E-state index is 11.1. The predicted molar refractivity (Wildman–Crippen MR) is 47.7 cm³/mol. The van der Waals surface area contributed by atoms with Crippen LogP contribution < -0.4 is 10.1 Å². The number of hydrogen-bond acceptors (Lipinski definition) is 3. The molecule has 0 saturated carbocycles. The van der Waals surface area contributed by atoms with Gasteiger partial charge in [0.1, 0.15) is 0 Å². The Balaban J connectivity index is 2.38. The normalized spacial score (nSPS) is 14.7. The van der Waals surface area contributed by atoms with E-state index in [2.05, 4.69) is 10.3 Å². The molecular formula is C9H10N2O2. The van der Waals surface area contributed by atoms with Gasteiger partial charge in [-0.25, -0.2) is 4.98 Å². The fourth-order valence-electron chi connectivity index (χ4n) is 1.35. The molecule has 0 spiro atoms. The number of rotatable bonds is 1. The summed E-state index contributed by atoms with van der Waals surface area (Å²) in [5.41, 5.74) is 1.89. The van der Waals surface area contributed by atoms with E-state index in [4.69, 9.17) is 4.74 Å². The summed E-state index contributed by atoms with van der Waals surface area (Å²) in [6.45, 7) is 0. The Hall–Kier alpha value is -1.58. The van der Waals surface area contributed by atoms with Crippen LogP contribution in [0.2, 0.25) is 0 Å². The number of pyridine rings is 1. The van der Waals surface area contributed by atoms with Gasteiger partial charge < -0.3 is 10.1 Å². The molecule has 1 aromatic heterocycles. The van der Waals surface area contributed by atoms with Crippen molar-refractivity contribution >= 4 is 11.6 Å². The van der Waals surface area contributed by atoms with Crippen molar-refractivity contribution in [2.75, 3.05) is 12.4 Å². The van der Waals surface area contributed by atoms with Gasteiger partial charge in [0.05, 0.1) is 12.8 Å². The Morgan fingerprint density at radius 3 is 3.15 bits per heavy atom. The third-order valence-electron chi connectivity index (χ3n) is 2.07. The summed E-state index contributed by atoms with van der Waals surface area (Å²) in [5.74, 6) is 0.585. The fourth-order valence-corrected chi connectivity index (χ4v) is 1.35. The third kappa shape index (κ3) is 1.47. The molecule has 0 aliphatic carbocycles. The molecular weight excluding hydrogens is 168 g/mol. The van der Waals surface area contributed by atoms with Crippen LogP contribution in [0.25, 0.3) is 0 Å². The minimum absolute atomic E-state index is 0.0563. The number of methoxy groups -OCH3 is 1. The topological polar surface area (TPSA) is 51.2 Å². The number of nitrogens with one attached hydrogen (secondary N) is 1. The maximum Gasteiger partial charge on any atom is 0.224 e. The van der Waals surface area contributed by atoms with Crippen LogP contribution >= 0.6 is 0 Å². The fraction of sp³-hybridized carbons (Fsp3) is 0.333. The molecule has 13 heavy (non-hydrogen) atoms. The Bertz CT molecular complexity index is 349. The van der Waals surface area contributed by atoms with Crippen LogP contribution in [0.15, 0.2) is 12.3 Å². The molecule has 0 unspecified atom stereocenters. The molecule has 0 saturated heterocycles. The van der Waals surface area contributed by atoms with Crippen LogP contribution in [0.1, 0.15) is 12.0 Å². The summed E-state index contributed by atoms with van der Waals surface area (Å²) in [4.78, 5) is 15.1. The zero-order chi connectivity index (χ0) is 9.26. The number of anilines is 1. The van der Waals surface area contributed by atoms with Crippen LogP contribution in [0.5, 0.6) is 5.88 Å². The number of aryl methyl sites for hydroxylation is 1. The Kier molecular flexibility index (Phi) is 1.88. The van der Waals surface area contributed by atoms with E-state index in [1.165, 1.54) is 0 Å². The highest BCUT2D eigenvalue weighted by Crippen LogP contribution is 2.24. The smallest absolute Gasteiger partial charge is 0.224 e. The van der Waals surface area contributed by atoms with E-state index >= 15 is 0 Å². The number of carbonyl (C=O) groups excluding carboxylic acids is 1. The summed E-state index contributed by atoms with van der Waals surface area (Å²) in [7, 11) is 1.55. The first-order chi connectivity index (χ1) is 6.29. The van der Waals surface area contributed by atoms with E-state index in [0.717, 1.165) is 17.7 Å². The van der Waals surface area contributed by atoms with E-state index in [0.29, 0.717) is 12.3 Å². The van der Waals surface area contributed by atoms with Gasteiger partial charge in [0.15, 0.2) is 0 Å². The van der Waals surface area contributed by atoms with Gasteiger partial charge in [-0.3, -0.25) is 4.79 Å². The summed E-state index contributed by atoms with van der Waals surface area (Å²) in [6.07, 6.45) is 3.05. The van der Waals surface area contributed by atoms with Gasteiger partial charge in [-0.2, -0.15) is 0 Å². The minimum atomic E-state index is 0.0563. The highest BCUT2D eigenvalue weighted by Gasteiger charge is 2.15. The summed E-state index contributed by atoms with van der Waals surface area (Å²) < 4.78 is 4.95. The van der Waals surface area contributed by atoms with Crippen molar-refractivity contribution in [3.8, 4) is 5.88 Å². The molecule has 2 rings (SSSR count). The molecule has 68 valence electrons. The summed E-state index contributed by atoms with van der Waals surface area (Å²) in [5, 5.41) is 2.78. The molecule has 4 heteroatoms. The SMILES string of the molecule is COc1cc2c(cn1)CCC(=O)N2. The Morgan fingerprint density at radius 1 is 1.54 bits per heavy atom. The van der Waals surface area contributed by atoms with Crippen LogP contribution in [0.4, 0.5) is 5.69 Å². The number of aromatic nitrogens is 1. The molecule has 1 amide bonds. The van der Waals surface area contributed by atoms with Crippen LogP contribution in [-0.2, 0) is 11.2 Å². The molecule has 0 atom stereocenters. The van der Waals surface area contributed by atoms with Gasteiger partial charge in [0.2, 0.25) is 11.8 Å². The molecule has 1 aliphatic rings. The highest BCUT2D eigenvalue weighted by molar-refractivity contribution is 5.93. The van der Waals surface area contributed by atoms with Crippen LogP contribution in [0, 0.1) is 0 Å². The molecule has 1 aromatic rings. The van der Waals surface area contributed by atoms with Gasteiger partial charge >= 0.3 is 0 Å². The molecule has 0 bridgehead atoms. The van der Waals surface area contributed by atoms with Crippen molar-refractivity contribution in [1.82, 2.24) is 4.98 Å². The Labute approximate surface area is 75.9 Å². The van der Waals surface area contributed by atoms with Crippen molar-refractivity contribution in [3.05, 3.63) is 17.8 Å². The maximum absolute atomic E-state index is 11.1. The molecule has 2 heterocycles. The number of fused-ring (bicyclic) bond motifs is 1. The average molecular weight is 178 g/mol. The van der Waals surface area contributed by atoms with E-state index in [9.17, 15) is 4.79 Å². The van der Waals surface area contributed by atoms with Gasteiger partial charge in [0, 0.05) is 18.7 Å². The third-order valence-corrected chi connectivity index (χ3v) is 2.07. The van der Waals surface area contributed by atoms with Crippen molar-refractivity contribution < 1.29 is 9.53 Å². The van der Waals surface area contributed by atoms with E-state index in [1.54, 1.807) is 19.4 Å². The summed E-state index contributed by atoms with van der Waals surface area (Å²) >= 11 is 0. The predicted octanol–water partition coefficient (Wildman–Crippen LogP) is 0.975. The van der Waals surface area contributed by atoms with Crippen molar-refractivity contribution in [2.45, 2.75) is 12.8 Å². The van der Waals surface area contributed by atoms with Gasteiger partial charge in [-0.1, -0.05) is 0 Å². The molecule has 1 aliphatic heterocycles. The average Bonchev–Trinajstić information content (AvgIpc) is 2.16. The zero-order valence-corrected chi connectivity index (χ0v) is 7.33. The molecule has 0 radical (unpaired) electrons. The minimum Gasteiger partial charge on any atom is -0.481 e. The van der Waals surface area contributed by atoms with Gasteiger partial charge in [-0.05, 0) is 12.0 Å². The van der Waals surface area contributed by atoms with Crippen LogP contribution in [-0.4, -0.2) is 18.0 Å². The van der Waals surface area contributed by atoms with Gasteiger partial charge in [0.25, 0.3) is 0 Å². The molecule has 4 nitrogen and oxygen atoms in total. The van der Waals surface area contributed by atoms with Crippen LogP contribution in [0.3, 0.4) is 0 Å². The first kappa shape index (κ1) is 8.04. The lowest BCUT2D eigenvalue weighted by Gasteiger charge is -2.16. The molecule has 1 N–H and O–H groups in total. The Morgan fingerprint density at radius 2 is 2.38 bits per heavy atom. The van der Waals surface area contributed by atoms with Crippen molar-refractivity contribution in [1.29, 1.82) is 0 Å². The lowest BCUT2D eigenvalue weighted by Crippen LogP contribution is -2.19. The lowest BCUT2D eigenvalue weighted by molar-refractivity contribution is -0.116. The van der Waals surface area contributed by atoms with Crippen molar-refractivity contribution in [3.63, 3.8) is 0 Å². The quantitative estimate of drug-likeness (QED) is 0.697. The second kappa shape index (κ2) is 3.05. The number of ether oxygens (including phenoxy) is 1. The van der Waals surface area contributed by atoms with E-state index in [1.807, 2.05) is 0 Å². The monoisotopic (exact) mass is 178 g/mol. The number of amides is 1. The summed E-state index contributed by atoms with van der Waals surface area (Å²) in [6, 6.07) is 1.74. The van der Waals surface area contributed by atoms with Gasteiger partial charge in [-0.15, -0.1) is 0 Å². The molecule has 0 aromatic carbocycles. The second-order valence-electron chi connectivity index (χ2n) is 2.93. The lowest BCUT2D eigenvalue weighted by atomic mass is 10.1. The highest BCUT2D eigenvalue weighted by atomic mass is 16.5. The number of carbonyl (C=O) groups is 1. The number of hydrogen-bond donors (Lipinski definition) is 1. The molecule has 0 fully saturated rings. The first-order valence-corrected chi connectivity index (χ1v) is 4.12. The standard InChI is InChI=1S/C9H10N2O2/c1-13-9-4-7-6(5-10-9)2-3-8(12)11-7/h4-5H,2-3H2,1H3,(H,11,12). The second-order valence-corrected chi connectivity index (χ2v) is 2.93. The first-order valence-electron chi connectivity index (χ1n) is 4.12.